The lowest BCUT2D eigenvalue weighted by molar-refractivity contribution is -0.119. The fourth-order valence-corrected chi connectivity index (χ4v) is 2.45. The van der Waals surface area contributed by atoms with Crippen LogP contribution in [0.15, 0.2) is 24.3 Å². The predicted octanol–water partition coefficient (Wildman–Crippen LogP) is 1.76. The zero-order chi connectivity index (χ0) is 15.2. The van der Waals surface area contributed by atoms with Crippen LogP contribution in [0.2, 0.25) is 0 Å². The molecule has 1 aromatic carbocycles. The minimum absolute atomic E-state index is 0.00536. The smallest absolute Gasteiger partial charge is 0.318 e. The first-order chi connectivity index (χ1) is 10.1. The molecule has 1 saturated heterocycles. The predicted molar refractivity (Wildman–Crippen MR) is 83.3 cm³/mol. The van der Waals surface area contributed by atoms with E-state index in [4.69, 9.17) is 0 Å². The monoisotopic (exact) mass is 290 g/mol. The van der Waals surface area contributed by atoms with Crippen LogP contribution in [0.25, 0.3) is 0 Å². The lowest BCUT2D eigenvalue weighted by Gasteiger charge is -2.28. The fourth-order valence-electron chi connectivity index (χ4n) is 2.45. The van der Waals surface area contributed by atoms with Crippen LogP contribution in [0.3, 0.4) is 0 Å². The first-order valence-corrected chi connectivity index (χ1v) is 7.23. The van der Waals surface area contributed by atoms with Crippen molar-refractivity contribution in [3.63, 3.8) is 0 Å². The molecule has 6 nitrogen and oxygen atoms in total. The Morgan fingerprint density at radius 2 is 1.76 bits per heavy atom. The zero-order valence-electron chi connectivity index (χ0n) is 12.4. The molecule has 2 rings (SSSR count). The second kappa shape index (κ2) is 7.08. The van der Waals surface area contributed by atoms with Crippen molar-refractivity contribution in [2.75, 3.05) is 24.2 Å². The van der Waals surface area contributed by atoms with Gasteiger partial charge in [0, 0.05) is 18.4 Å². The van der Waals surface area contributed by atoms with Gasteiger partial charge in [0.2, 0.25) is 5.91 Å². The number of carbonyl (C=O) groups excluding carboxylic acids is 2. The Morgan fingerprint density at radius 3 is 2.33 bits per heavy atom. The third-order valence-corrected chi connectivity index (χ3v) is 3.69. The first kappa shape index (κ1) is 15.3. The molecule has 1 aliphatic heterocycles. The summed E-state index contributed by atoms with van der Waals surface area (Å²) in [4.78, 5) is 23.4. The Morgan fingerprint density at radius 1 is 1.14 bits per heavy atom. The largest absolute Gasteiger partial charge is 0.341 e. The molecular weight excluding hydrogens is 268 g/mol. The molecule has 2 atom stereocenters. The molecule has 0 radical (unpaired) electrons. The summed E-state index contributed by atoms with van der Waals surface area (Å²) >= 11 is 0. The van der Waals surface area contributed by atoms with E-state index >= 15 is 0 Å². The number of carbonyl (C=O) groups is 2. The number of hydrogen-bond donors (Lipinski definition) is 4. The van der Waals surface area contributed by atoms with Gasteiger partial charge in [-0.05, 0) is 49.6 Å². The Labute approximate surface area is 124 Å². The van der Waals surface area contributed by atoms with Crippen molar-refractivity contribution in [1.29, 1.82) is 0 Å². The van der Waals surface area contributed by atoms with Gasteiger partial charge in [-0.3, -0.25) is 4.79 Å². The van der Waals surface area contributed by atoms with Crippen LogP contribution >= 0.6 is 0 Å². The summed E-state index contributed by atoms with van der Waals surface area (Å²) in [5.41, 5.74) is 1.40. The van der Waals surface area contributed by atoms with Crippen LogP contribution in [-0.4, -0.2) is 31.6 Å². The molecule has 21 heavy (non-hydrogen) atoms. The van der Waals surface area contributed by atoms with Crippen LogP contribution in [0.1, 0.15) is 19.8 Å². The van der Waals surface area contributed by atoms with Gasteiger partial charge >= 0.3 is 6.03 Å². The highest BCUT2D eigenvalue weighted by Gasteiger charge is 2.27. The van der Waals surface area contributed by atoms with Crippen molar-refractivity contribution in [1.82, 2.24) is 10.6 Å². The molecule has 1 fully saturated rings. The van der Waals surface area contributed by atoms with Crippen molar-refractivity contribution in [3.8, 4) is 0 Å². The van der Waals surface area contributed by atoms with Gasteiger partial charge in [-0.25, -0.2) is 4.79 Å². The second-order valence-electron chi connectivity index (χ2n) is 5.32. The van der Waals surface area contributed by atoms with E-state index in [1.165, 1.54) is 0 Å². The van der Waals surface area contributed by atoms with Crippen LogP contribution in [-0.2, 0) is 4.79 Å². The molecule has 0 bridgehead atoms. The summed E-state index contributed by atoms with van der Waals surface area (Å²) in [6, 6.07) is 6.65. The van der Waals surface area contributed by atoms with E-state index in [-0.39, 0.29) is 18.0 Å². The SMILES string of the molecule is CNC(=O)Nc1ccc(NC(=O)C2NCCCC2C)cc1. The number of benzene rings is 1. The number of hydrogen-bond acceptors (Lipinski definition) is 3. The number of piperidine rings is 1. The molecule has 3 amide bonds. The molecule has 2 unspecified atom stereocenters. The second-order valence-corrected chi connectivity index (χ2v) is 5.32. The molecule has 6 heteroatoms. The van der Waals surface area contributed by atoms with Crippen molar-refractivity contribution < 1.29 is 9.59 Å². The lowest BCUT2D eigenvalue weighted by Crippen LogP contribution is -2.48. The summed E-state index contributed by atoms with van der Waals surface area (Å²) in [7, 11) is 1.56. The topological polar surface area (TPSA) is 82.3 Å². The highest BCUT2D eigenvalue weighted by atomic mass is 16.2. The van der Waals surface area contributed by atoms with Crippen LogP contribution in [0.4, 0.5) is 16.2 Å². The summed E-state index contributed by atoms with van der Waals surface area (Å²) in [6.45, 7) is 2.98. The number of anilines is 2. The van der Waals surface area contributed by atoms with E-state index in [0.717, 1.165) is 25.1 Å². The molecule has 1 aromatic rings. The third-order valence-electron chi connectivity index (χ3n) is 3.69. The number of nitrogens with one attached hydrogen (secondary N) is 4. The van der Waals surface area contributed by atoms with E-state index in [9.17, 15) is 9.59 Å². The maximum atomic E-state index is 12.2. The zero-order valence-corrected chi connectivity index (χ0v) is 12.4. The summed E-state index contributed by atoms with van der Waals surface area (Å²) in [5.74, 6) is 0.335. The van der Waals surface area contributed by atoms with Crippen LogP contribution < -0.4 is 21.3 Å². The van der Waals surface area contributed by atoms with Crippen molar-refractivity contribution in [3.05, 3.63) is 24.3 Å². The average molecular weight is 290 g/mol. The van der Waals surface area contributed by atoms with Crippen molar-refractivity contribution >= 4 is 23.3 Å². The van der Waals surface area contributed by atoms with Gasteiger partial charge in [0.25, 0.3) is 0 Å². The Bertz CT molecular complexity index is 501. The maximum Gasteiger partial charge on any atom is 0.318 e. The van der Waals surface area contributed by atoms with Gasteiger partial charge < -0.3 is 21.3 Å². The number of rotatable bonds is 3. The normalized spacial score (nSPS) is 21.4. The van der Waals surface area contributed by atoms with Gasteiger partial charge in [-0.1, -0.05) is 6.92 Å². The lowest BCUT2D eigenvalue weighted by atomic mass is 9.92. The van der Waals surface area contributed by atoms with E-state index in [0.29, 0.717) is 11.6 Å². The van der Waals surface area contributed by atoms with Crippen LogP contribution in [0, 0.1) is 5.92 Å². The van der Waals surface area contributed by atoms with Gasteiger partial charge in [0.15, 0.2) is 0 Å². The minimum atomic E-state index is -0.271. The molecular formula is C15H22N4O2. The molecule has 0 saturated carbocycles. The molecule has 0 spiro atoms. The van der Waals surface area contributed by atoms with E-state index in [1.807, 2.05) is 0 Å². The third kappa shape index (κ3) is 4.19. The molecule has 1 heterocycles. The van der Waals surface area contributed by atoms with Crippen molar-refractivity contribution in [2.24, 2.45) is 5.92 Å². The molecule has 114 valence electrons. The molecule has 1 aliphatic rings. The van der Waals surface area contributed by atoms with Gasteiger partial charge in [0.1, 0.15) is 0 Å². The summed E-state index contributed by atoms with van der Waals surface area (Å²) in [6.07, 6.45) is 2.19. The summed E-state index contributed by atoms with van der Waals surface area (Å²) in [5, 5.41) is 11.3. The van der Waals surface area contributed by atoms with Gasteiger partial charge in [-0.2, -0.15) is 0 Å². The number of urea groups is 1. The minimum Gasteiger partial charge on any atom is -0.341 e. The average Bonchev–Trinajstić information content (AvgIpc) is 2.49. The van der Waals surface area contributed by atoms with Gasteiger partial charge in [-0.15, -0.1) is 0 Å². The number of amides is 3. The van der Waals surface area contributed by atoms with Gasteiger partial charge in [0.05, 0.1) is 6.04 Å². The fraction of sp³-hybridized carbons (Fsp3) is 0.467. The van der Waals surface area contributed by atoms with E-state index in [1.54, 1.807) is 31.3 Å². The Kier molecular flexibility index (Phi) is 5.16. The quantitative estimate of drug-likeness (QED) is 0.684. The first-order valence-electron chi connectivity index (χ1n) is 7.23. The highest BCUT2D eigenvalue weighted by molar-refractivity contribution is 5.95. The van der Waals surface area contributed by atoms with E-state index in [2.05, 4.69) is 28.2 Å². The maximum absolute atomic E-state index is 12.2. The molecule has 4 N–H and O–H groups in total. The molecule has 0 aliphatic carbocycles. The van der Waals surface area contributed by atoms with Crippen molar-refractivity contribution in [2.45, 2.75) is 25.8 Å². The molecule has 0 aromatic heterocycles. The Balaban J connectivity index is 1.93. The summed E-state index contributed by atoms with van der Waals surface area (Å²) < 4.78 is 0. The van der Waals surface area contributed by atoms with Crippen LogP contribution in [0.5, 0.6) is 0 Å². The highest BCUT2D eigenvalue weighted by Crippen LogP contribution is 2.18. The van der Waals surface area contributed by atoms with E-state index < -0.39 is 0 Å². The Hall–Kier alpha value is -2.08. The standard InChI is InChI=1S/C15H22N4O2/c1-10-4-3-9-17-13(10)14(20)18-11-5-7-12(8-6-11)19-15(21)16-2/h5-8,10,13,17H,3-4,9H2,1-2H3,(H,18,20)(H2,16,19,21).